The summed E-state index contributed by atoms with van der Waals surface area (Å²) < 4.78 is 0.280. The molecule has 0 unspecified atom stereocenters. The molecule has 1 aliphatic carbocycles. The van der Waals surface area contributed by atoms with Crippen LogP contribution >= 0.6 is 15.9 Å². The van der Waals surface area contributed by atoms with Crippen LogP contribution in [-0.4, -0.2) is 16.0 Å². The first-order valence-electron chi connectivity index (χ1n) is 2.46. The van der Waals surface area contributed by atoms with Crippen molar-refractivity contribution >= 4 is 15.9 Å². The van der Waals surface area contributed by atoms with Crippen LogP contribution in [0, 0.1) is 5.92 Å². The van der Waals surface area contributed by atoms with E-state index in [1.165, 1.54) is 0 Å². The molecule has 7 heavy (non-hydrogen) atoms. The Balaban J connectivity index is 2.30. The van der Waals surface area contributed by atoms with Gasteiger partial charge in [-0.25, -0.2) is 0 Å². The molecule has 0 spiro atoms. The lowest BCUT2D eigenvalue weighted by Gasteiger charge is -1.92. The van der Waals surface area contributed by atoms with Crippen LogP contribution in [0.5, 0.6) is 0 Å². The van der Waals surface area contributed by atoms with Crippen LogP contribution in [-0.2, 0) is 0 Å². The predicted molar refractivity (Wildman–Crippen MR) is 32.5 cm³/mol. The smallest absolute Gasteiger partial charge is 0.0473 e. The molecule has 0 aliphatic heterocycles. The summed E-state index contributed by atoms with van der Waals surface area (Å²) in [5, 5.41) is 8.51. The quantitative estimate of drug-likeness (QED) is 0.578. The van der Waals surface area contributed by atoms with Crippen molar-refractivity contribution in [2.45, 2.75) is 17.7 Å². The highest BCUT2D eigenvalue weighted by Crippen LogP contribution is 2.50. The van der Waals surface area contributed by atoms with Crippen LogP contribution in [0.2, 0.25) is 0 Å². The molecule has 0 radical (unpaired) electrons. The Morgan fingerprint density at radius 1 is 2.00 bits per heavy atom. The zero-order valence-electron chi connectivity index (χ0n) is 4.32. The first kappa shape index (κ1) is 5.57. The summed E-state index contributed by atoms with van der Waals surface area (Å²) >= 11 is 3.45. The fourth-order valence-corrected chi connectivity index (χ4v) is 1.21. The second-order valence-corrected chi connectivity index (χ2v) is 4.17. The summed E-state index contributed by atoms with van der Waals surface area (Å²) in [6.45, 7) is 2.44. The van der Waals surface area contributed by atoms with E-state index in [1.54, 1.807) is 0 Å². The van der Waals surface area contributed by atoms with E-state index in [0.717, 1.165) is 6.42 Å². The number of hydrogen-bond acceptors (Lipinski definition) is 1. The summed E-state index contributed by atoms with van der Waals surface area (Å²) in [6.07, 6.45) is 1.13. The lowest BCUT2D eigenvalue weighted by atomic mass is 10.4. The van der Waals surface area contributed by atoms with Crippen molar-refractivity contribution in [1.82, 2.24) is 0 Å². The Labute approximate surface area is 51.9 Å². The molecule has 1 fully saturated rings. The number of alkyl halides is 1. The molecule has 1 N–H and O–H groups in total. The third-order valence-corrected chi connectivity index (χ3v) is 2.53. The average Bonchev–Trinajstić information content (AvgIpc) is 2.13. The third-order valence-electron chi connectivity index (χ3n) is 1.56. The number of aliphatic hydroxyl groups is 1. The zero-order valence-corrected chi connectivity index (χ0v) is 5.90. The van der Waals surface area contributed by atoms with Crippen molar-refractivity contribution in [3.8, 4) is 0 Å². The molecule has 2 heteroatoms. The minimum absolute atomic E-state index is 0.280. The number of hydrogen-bond donors (Lipinski definition) is 1. The van der Waals surface area contributed by atoms with Gasteiger partial charge in [-0.3, -0.25) is 0 Å². The molecule has 42 valence electrons. The fraction of sp³-hybridized carbons (Fsp3) is 1.00. The maximum absolute atomic E-state index is 8.51. The summed E-state index contributed by atoms with van der Waals surface area (Å²) in [5.41, 5.74) is 0. The molecule has 0 aromatic rings. The Bertz CT molecular complexity index is 80.1. The number of halogens is 1. The highest BCUT2D eigenvalue weighted by molar-refractivity contribution is 9.10. The molecule has 1 saturated carbocycles. The zero-order chi connectivity index (χ0) is 5.49. The normalized spacial score (nSPS) is 49.3. The van der Waals surface area contributed by atoms with E-state index in [9.17, 15) is 0 Å². The monoisotopic (exact) mass is 164 g/mol. The molecule has 0 amide bonds. The van der Waals surface area contributed by atoms with Gasteiger partial charge in [0.15, 0.2) is 0 Å². The van der Waals surface area contributed by atoms with E-state index in [1.807, 2.05) is 0 Å². The molecule has 1 nitrogen and oxygen atoms in total. The SMILES string of the molecule is C[C@]1(Br)C[C@@H]1CO. The summed E-state index contributed by atoms with van der Waals surface area (Å²) in [5.74, 6) is 0.521. The molecular weight excluding hydrogens is 156 g/mol. The Morgan fingerprint density at radius 3 is 2.43 bits per heavy atom. The average molecular weight is 165 g/mol. The van der Waals surface area contributed by atoms with E-state index < -0.39 is 0 Å². The standard InChI is InChI=1S/C5H9BrO/c1-5(6)2-4(5)3-7/h4,7H,2-3H2,1H3/t4-,5+/m1/s1. The predicted octanol–water partition coefficient (Wildman–Crippen LogP) is 1.15. The van der Waals surface area contributed by atoms with Gasteiger partial charge in [0, 0.05) is 10.9 Å². The van der Waals surface area contributed by atoms with Gasteiger partial charge in [-0.15, -0.1) is 0 Å². The van der Waals surface area contributed by atoms with Crippen molar-refractivity contribution in [2.24, 2.45) is 5.92 Å². The minimum Gasteiger partial charge on any atom is -0.396 e. The second kappa shape index (κ2) is 1.46. The molecule has 0 aromatic heterocycles. The lowest BCUT2D eigenvalue weighted by molar-refractivity contribution is 0.273. The van der Waals surface area contributed by atoms with Crippen LogP contribution in [0.15, 0.2) is 0 Å². The van der Waals surface area contributed by atoms with Crippen molar-refractivity contribution in [1.29, 1.82) is 0 Å². The van der Waals surface area contributed by atoms with E-state index in [4.69, 9.17) is 5.11 Å². The summed E-state index contributed by atoms with van der Waals surface area (Å²) in [7, 11) is 0. The van der Waals surface area contributed by atoms with Crippen LogP contribution in [0.4, 0.5) is 0 Å². The maximum atomic E-state index is 8.51. The van der Waals surface area contributed by atoms with Crippen LogP contribution in [0.25, 0.3) is 0 Å². The van der Waals surface area contributed by atoms with Crippen molar-refractivity contribution in [3.63, 3.8) is 0 Å². The van der Waals surface area contributed by atoms with Gasteiger partial charge >= 0.3 is 0 Å². The molecule has 0 bridgehead atoms. The van der Waals surface area contributed by atoms with Crippen LogP contribution in [0.3, 0.4) is 0 Å². The second-order valence-electron chi connectivity index (χ2n) is 2.36. The Kier molecular flexibility index (Phi) is 1.16. The van der Waals surface area contributed by atoms with Crippen molar-refractivity contribution in [2.75, 3.05) is 6.61 Å². The Morgan fingerprint density at radius 2 is 2.43 bits per heavy atom. The van der Waals surface area contributed by atoms with Gasteiger partial charge in [-0.05, 0) is 19.3 Å². The fourth-order valence-electron chi connectivity index (χ4n) is 0.678. The lowest BCUT2D eigenvalue weighted by Crippen LogP contribution is -1.96. The molecule has 0 aromatic carbocycles. The largest absolute Gasteiger partial charge is 0.396 e. The van der Waals surface area contributed by atoms with Crippen LogP contribution in [0.1, 0.15) is 13.3 Å². The molecule has 0 saturated heterocycles. The third kappa shape index (κ3) is 0.970. The first-order chi connectivity index (χ1) is 3.17. The van der Waals surface area contributed by atoms with Gasteiger partial charge in [-0.2, -0.15) is 0 Å². The van der Waals surface area contributed by atoms with Gasteiger partial charge < -0.3 is 5.11 Å². The molecule has 1 rings (SSSR count). The Hall–Kier alpha value is 0.440. The van der Waals surface area contributed by atoms with Crippen molar-refractivity contribution in [3.05, 3.63) is 0 Å². The molecule has 2 atom stereocenters. The number of aliphatic hydroxyl groups excluding tert-OH is 1. The van der Waals surface area contributed by atoms with Gasteiger partial charge in [-0.1, -0.05) is 15.9 Å². The van der Waals surface area contributed by atoms with E-state index in [-0.39, 0.29) is 4.32 Å². The highest BCUT2D eigenvalue weighted by atomic mass is 79.9. The number of rotatable bonds is 1. The van der Waals surface area contributed by atoms with Crippen molar-refractivity contribution < 1.29 is 5.11 Å². The first-order valence-corrected chi connectivity index (χ1v) is 3.26. The van der Waals surface area contributed by atoms with Gasteiger partial charge in [0.25, 0.3) is 0 Å². The van der Waals surface area contributed by atoms with E-state index in [0.29, 0.717) is 12.5 Å². The molecule has 0 heterocycles. The van der Waals surface area contributed by atoms with Gasteiger partial charge in [0.05, 0.1) is 0 Å². The molecular formula is C5H9BrO. The topological polar surface area (TPSA) is 20.2 Å². The highest BCUT2D eigenvalue weighted by Gasteiger charge is 2.46. The van der Waals surface area contributed by atoms with Gasteiger partial charge in [0.1, 0.15) is 0 Å². The molecule has 1 aliphatic rings. The summed E-state index contributed by atoms with van der Waals surface area (Å²) in [6, 6.07) is 0. The van der Waals surface area contributed by atoms with Crippen LogP contribution < -0.4 is 0 Å². The minimum atomic E-state index is 0.280. The summed E-state index contributed by atoms with van der Waals surface area (Å²) in [4.78, 5) is 0. The maximum Gasteiger partial charge on any atom is 0.0473 e. The van der Waals surface area contributed by atoms with E-state index in [2.05, 4.69) is 22.9 Å². The van der Waals surface area contributed by atoms with E-state index >= 15 is 0 Å². The van der Waals surface area contributed by atoms with Gasteiger partial charge in [0.2, 0.25) is 0 Å².